The number of nitrogens with zero attached hydrogens (tertiary/aromatic N) is 2. The molecular weight excluding hydrogens is 300 g/mol. The van der Waals surface area contributed by atoms with Gasteiger partial charge in [0, 0.05) is 12.7 Å². The largest absolute Gasteiger partial charge is 0.444 e. The summed E-state index contributed by atoms with van der Waals surface area (Å²) in [4.78, 5) is 28.8. The van der Waals surface area contributed by atoms with Gasteiger partial charge < -0.3 is 15.0 Å². The number of aromatic nitrogens is 2. The fraction of sp³-hybridized carbons (Fsp3) is 0.333. The number of hydrogen-bond acceptors (Lipinski definition) is 5. The molecule has 0 saturated heterocycles. The quantitative estimate of drug-likeness (QED) is 0.665. The normalized spacial score (nSPS) is 11.8. The van der Waals surface area contributed by atoms with Crippen molar-refractivity contribution in [1.29, 1.82) is 0 Å². The first-order valence-electron chi connectivity index (χ1n) is 7.01. The number of pyridine rings is 1. The van der Waals surface area contributed by atoms with Crippen LogP contribution in [0.3, 0.4) is 0 Å². The molecule has 1 amide bonds. The summed E-state index contributed by atoms with van der Waals surface area (Å²) >= 11 is 0. The molecular formula is C15H18N4O4. The van der Waals surface area contributed by atoms with Crippen molar-refractivity contribution in [3.05, 3.63) is 40.2 Å². The molecule has 2 aromatic rings. The van der Waals surface area contributed by atoms with E-state index in [0.717, 1.165) is 0 Å². The van der Waals surface area contributed by atoms with Gasteiger partial charge in [-0.3, -0.25) is 10.1 Å². The molecule has 2 aromatic heterocycles. The summed E-state index contributed by atoms with van der Waals surface area (Å²) in [7, 11) is 0. The van der Waals surface area contributed by atoms with E-state index >= 15 is 0 Å². The van der Waals surface area contributed by atoms with Gasteiger partial charge in [-0.05, 0) is 32.4 Å². The Labute approximate surface area is 132 Å². The van der Waals surface area contributed by atoms with Crippen LogP contribution in [0.15, 0.2) is 24.5 Å². The maximum absolute atomic E-state index is 11.5. The van der Waals surface area contributed by atoms with Crippen molar-refractivity contribution < 1.29 is 14.5 Å². The number of carbonyl (C=O) groups excluding carboxylic acids is 1. The van der Waals surface area contributed by atoms with Crippen LogP contribution in [-0.2, 0) is 4.74 Å². The number of H-pyrrole nitrogens is 1. The number of carbonyl (C=O) groups is 1. The molecule has 0 spiro atoms. The molecule has 2 heterocycles. The van der Waals surface area contributed by atoms with E-state index in [9.17, 15) is 14.9 Å². The topological polar surface area (TPSA) is 110 Å². The van der Waals surface area contributed by atoms with Gasteiger partial charge in [0.25, 0.3) is 5.69 Å². The molecule has 0 unspecified atom stereocenters. The third-order valence-electron chi connectivity index (χ3n) is 2.80. The molecule has 122 valence electrons. The number of amides is 1. The fourth-order valence-electron chi connectivity index (χ4n) is 1.90. The van der Waals surface area contributed by atoms with E-state index < -0.39 is 16.6 Å². The highest BCUT2D eigenvalue weighted by Crippen LogP contribution is 2.24. The van der Waals surface area contributed by atoms with Gasteiger partial charge >= 0.3 is 6.09 Å². The van der Waals surface area contributed by atoms with Crippen molar-refractivity contribution in [3.63, 3.8) is 0 Å². The molecule has 0 bridgehead atoms. The van der Waals surface area contributed by atoms with Gasteiger partial charge in [0.2, 0.25) is 0 Å². The Morgan fingerprint density at radius 3 is 2.91 bits per heavy atom. The van der Waals surface area contributed by atoms with Crippen LogP contribution in [0, 0.1) is 10.1 Å². The number of nitro groups is 1. The van der Waals surface area contributed by atoms with Crippen molar-refractivity contribution in [3.8, 4) is 0 Å². The van der Waals surface area contributed by atoms with Crippen LogP contribution in [0.2, 0.25) is 0 Å². The van der Waals surface area contributed by atoms with Gasteiger partial charge in [0.15, 0.2) is 0 Å². The Hall–Kier alpha value is -2.90. The highest BCUT2D eigenvalue weighted by Gasteiger charge is 2.15. The lowest BCUT2D eigenvalue weighted by Crippen LogP contribution is -2.32. The molecule has 0 aliphatic carbocycles. The average Bonchev–Trinajstić information content (AvgIpc) is 2.85. The lowest BCUT2D eigenvalue weighted by atomic mass is 10.2. The van der Waals surface area contributed by atoms with E-state index in [1.54, 1.807) is 45.2 Å². The van der Waals surface area contributed by atoms with Crippen molar-refractivity contribution in [2.45, 2.75) is 26.4 Å². The predicted octanol–water partition coefficient (Wildman–Crippen LogP) is 3.01. The van der Waals surface area contributed by atoms with Gasteiger partial charge in [-0.1, -0.05) is 12.2 Å². The van der Waals surface area contributed by atoms with Gasteiger partial charge in [0.1, 0.15) is 11.2 Å². The first kappa shape index (κ1) is 16.5. The molecule has 0 atom stereocenters. The van der Waals surface area contributed by atoms with E-state index in [-0.39, 0.29) is 12.2 Å². The van der Waals surface area contributed by atoms with E-state index in [1.807, 2.05) is 0 Å². The molecule has 0 aromatic carbocycles. The number of aromatic amines is 1. The number of nitrogens with one attached hydrogen (secondary N) is 2. The second kappa shape index (κ2) is 6.47. The Morgan fingerprint density at radius 1 is 1.52 bits per heavy atom. The first-order chi connectivity index (χ1) is 10.8. The van der Waals surface area contributed by atoms with Gasteiger partial charge in [-0.25, -0.2) is 9.78 Å². The smallest absolute Gasteiger partial charge is 0.407 e. The van der Waals surface area contributed by atoms with Crippen LogP contribution in [0.25, 0.3) is 17.1 Å². The number of rotatable bonds is 4. The summed E-state index contributed by atoms with van der Waals surface area (Å²) in [5, 5.41) is 13.9. The zero-order valence-corrected chi connectivity index (χ0v) is 13.1. The maximum atomic E-state index is 11.5. The Balaban J connectivity index is 2.00. The Kier molecular flexibility index (Phi) is 4.63. The first-order valence-corrected chi connectivity index (χ1v) is 7.01. The molecule has 8 heteroatoms. The Morgan fingerprint density at radius 2 is 2.26 bits per heavy atom. The van der Waals surface area contributed by atoms with E-state index in [4.69, 9.17) is 4.74 Å². The summed E-state index contributed by atoms with van der Waals surface area (Å²) in [6.45, 7) is 5.63. The van der Waals surface area contributed by atoms with Crippen molar-refractivity contribution in [2.75, 3.05) is 6.54 Å². The van der Waals surface area contributed by atoms with Crippen molar-refractivity contribution >= 4 is 28.9 Å². The minimum absolute atomic E-state index is 0.0189. The number of hydrogen-bond donors (Lipinski definition) is 2. The highest BCUT2D eigenvalue weighted by atomic mass is 16.6. The summed E-state index contributed by atoms with van der Waals surface area (Å²) in [5.41, 5.74) is 0.595. The minimum Gasteiger partial charge on any atom is -0.444 e. The fourth-order valence-corrected chi connectivity index (χ4v) is 1.90. The number of alkyl carbamates (subject to hydrolysis) is 1. The highest BCUT2D eigenvalue weighted by molar-refractivity contribution is 5.87. The number of ether oxygens (including phenoxy) is 1. The van der Waals surface area contributed by atoms with Gasteiger partial charge in [-0.2, -0.15) is 0 Å². The SMILES string of the molecule is CC(C)(C)OC(=O)NCC=Cc1cnc2[nH]cc([N+](=O)[O-])c2c1. The van der Waals surface area contributed by atoms with Gasteiger partial charge in [0.05, 0.1) is 16.5 Å². The summed E-state index contributed by atoms with van der Waals surface area (Å²) in [6, 6.07) is 1.67. The Bertz CT molecular complexity index is 758. The lowest BCUT2D eigenvalue weighted by Gasteiger charge is -2.19. The monoisotopic (exact) mass is 318 g/mol. The molecule has 0 aliphatic heterocycles. The van der Waals surface area contributed by atoms with Crippen LogP contribution >= 0.6 is 0 Å². The number of fused-ring (bicyclic) bond motifs is 1. The van der Waals surface area contributed by atoms with E-state index in [2.05, 4.69) is 15.3 Å². The molecule has 2 N–H and O–H groups in total. The van der Waals surface area contributed by atoms with Gasteiger partial charge in [-0.15, -0.1) is 0 Å². The molecule has 0 radical (unpaired) electrons. The van der Waals surface area contributed by atoms with E-state index in [1.165, 1.54) is 6.20 Å². The summed E-state index contributed by atoms with van der Waals surface area (Å²) in [5.74, 6) is 0. The average molecular weight is 318 g/mol. The van der Waals surface area contributed by atoms with Crippen molar-refractivity contribution in [1.82, 2.24) is 15.3 Å². The molecule has 8 nitrogen and oxygen atoms in total. The molecule has 0 saturated carbocycles. The summed E-state index contributed by atoms with van der Waals surface area (Å²) in [6.07, 6.45) is 5.84. The molecule has 0 aliphatic rings. The zero-order chi connectivity index (χ0) is 17.0. The van der Waals surface area contributed by atoms with Crippen LogP contribution in [0.1, 0.15) is 26.3 Å². The second-order valence-corrected chi connectivity index (χ2v) is 5.88. The predicted molar refractivity (Wildman–Crippen MR) is 86.0 cm³/mol. The standard InChI is InChI=1S/C15H18N4O4/c1-15(2,3)23-14(20)16-6-4-5-10-7-11-12(19(21)22)9-18-13(11)17-8-10/h4-5,7-9H,6H2,1-3H3,(H,16,20)(H,17,18). The minimum atomic E-state index is -0.546. The third-order valence-corrected chi connectivity index (χ3v) is 2.80. The maximum Gasteiger partial charge on any atom is 0.407 e. The summed E-state index contributed by atoms with van der Waals surface area (Å²) < 4.78 is 5.10. The molecule has 23 heavy (non-hydrogen) atoms. The van der Waals surface area contributed by atoms with Crippen LogP contribution in [0.5, 0.6) is 0 Å². The second-order valence-electron chi connectivity index (χ2n) is 5.88. The zero-order valence-electron chi connectivity index (χ0n) is 13.1. The van der Waals surface area contributed by atoms with Crippen molar-refractivity contribution in [2.24, 2.45) is 0 Å². The molecule has 2 rings (SSSR count). The van der Waals surface area contributed by atoms with E-state index in [0.29, 0.717) is 16.6 Å². The van der Waals surface area contributed by atoms with Crippen LogP contribution in [-0.4, -0.2) is 33.1 Å². The molecule has 0 fully saturated rings. The van der Waals surface area contributed by atoms with Crippen LogP contribution < -0.4 is 5.32 Å². The third kappa shape index (κ3) is 4.53. The van der Waals surface area contributed by atoms with Crippen LogP contribution in [0.4, 0.5) is 10.5 Å². The lowest BCUT2D eigenvalue weighted by molar-refractivity contribution is -0.383.